The Hall–Kier alpha value is -1.62. The van der Waals surface area contributed by atoms with E-state index >= 15 is 0 Å². The minimum atomic E-state index is -1.85. The molecule has 4 aliphatic carbocycles. The standard InChI is InChI=1S/C46H76O18/c1-22-36(49)40(56-11)37(50)41(59-22)64-39-24(3)58-35(20-31(39)55-10)63-38-23(2)57-34(19-30(38)54-9)62-29-13-14-42(7)28(18-29)12-15-45(52)32(42)21-33(61-27(6)48)43(8)44(51,16-17-46(43,45)53)25(4)60-26(5)47/h22-25,28-41,49-53H,12-21H2,1-11H3/t22-,23-,24-,25-,28-,29+,30+,31-,32+,33-,34+,35+,36-,37-,38-,39-,40-,41+,42+,43-,44-,45+,46-/m1/s1. The number of esters is 2. The van der Waals surface area contributed by atoms with E-state index in [4.69, 9.17) is 52.1 Å². The molecule has 0 aromatic rings. The van der Waals surface area contributed by atoms with Crippen molar-refractivity contribution < 1.29 is 87.2 Å². The maximum absolute atomic E-state index is 12.9. The third-order valence-electron chi connectivity index (χ3n) is 17.3. The van der Waals surface area contributed by atoms with Gasteiger partial charge >= 0.3 is 11.9 Å². The summed E-state index contributed by atoms with van der Waals surface area (Å²) in [5, 5.41) is 59.5. The monoisotopic (exact) mass is 917 g/mol. The molecule has 7 aliphatic rings. The van der Waals surface area contributed by atoms with E-state index in [1.165, 1.54) is 21.0 Å². The summed E-state index contributed by atoms with van der Waals surface area (Å²) in [6.07, 6.45) is -7.31. The van der Waals surface area contributed by atoms with E-state index in [0.717, 1.165) is 0 Å². The average Bonchev–Trinajstić information content (AvgIpc) is 3.46. The molecule has 0 aromatic carbocycles. The van der Waals surface area contributed by atoms with Crippen LogP contribution >= 0.6 is 0 Å². The highest BCUT2D eigenvalue weighted by molar-refractivity contribution is 5.67. The number of aliphatic hydroxyl groups is 5. The fraction of sp³-hybridized carbons (Fsp3) is 0.957. The number of hydrogen-bond acceptors (Lipinski definition) is 18. The van der Waals surface area contributed by atoms with E-state index in [1.807, 2.05) is 13.8 Å². The van der Waals surface area contributed by atoms with Crippen molar-refractivity contribution in [2.45, 2.75) is 235 Å². The van der Waals surface area contributed by atoms with Gasteiger partial charge in [-0.3, -0.25) is 9.59 Å². The Morgan fingerprint density at radius 2 is 1.28 bits per heavy atom. The van der Waals surface area contributed by atoms with Crippen LogP contribution in [0.1, 0.15) is 120 Å². The summed E-state index contributed by atoms with van der Waals surface area (Å²) < 4.78 is 66.9. The molecule has 3 saturated heterocycles. The second-order valence-corrected chi connectivity index (χ2v) is 20.5. The predicted octanol–water partition coefficient (Wildman–Crippen LogP) is 2.42. The minimum absolute atomic E-state index is 0.0432. The van der Waals surface area contributed by atoms with Crippen molar-refractivity contribution in [2.24, 2.45) is 22.7 Å². The van der Waals surface area contributed by atoms with Gasteiger partial charge in [0.2, 0.25) is 0 Å². The minimum Gasteiger partial charge on any atom is -0.462 e. The molecule has 0 bridgehead atoms. The average molecular weight is 917 g/mol. The Labute approximate surface area is 377 Å². The van der Waals surface area contributed by atoms with Crippen LogP contribution in [0.5, 0.6) is 0 Å². The van der Waals surface area contributed by atoms with Gasteiger partial charge in [0.05, 0.1) is 47.6 Å². The van der Waals surface area contributed by atoms with Gasteiger partial charge < -0.3 is 77.6 Å². The van der Waals surface area contributed by atoms with Crippen LogP contribution in [-0.4, -0.2) is 174 Å². The van der Waals surface area contributed by atoms with Crippen molar-refractivity contribution in [3.05, 3.63) is 0 Å². The molecular weight excluding hydrogens is 840 g/mol. The molecule has 0 radical (unpaired) electrons. The van der Waals surface area contributed by atoms with Crippen LogP contribution in [-0.2, 0) is 61.7 Å². The van der Waals surface area contributed by atoms with Gasteiger partial charge in [-0.15, -0.1) is 0 Å². The van der Waals surface area contributed by atoms with Crippen molar-refractivity contribution in [3.8, 4) is 0 Å². The lowest BCUT2D eigenvalue weighted by Gasteiger charge is -2.69. The first-order valence-electron chi connectivity index (χ1n) is 23.4. The molecular formula is C46H76O18. The lowest BCUT2D eigenvalue weighted by Crippen LogP contribution is -2.79. The molecule has 5 N–H and O–H groups in total. The molecule has 7 rings (SSSR count). The molecule has 18 nitrogen and oxygen atoms in total. The Bertz CT molecular complexity index is 1650. The van der Waals surface area contributed by atoms with Crippen molar-refractivity contribution in [3.63, 3.8) is 0 Å². The number of rotatable bonds is 12. The zero-order valence-electron chi connectivity index (χ0n) is 39.5. The maximum atomic E-state index is 12.9. The van der Waals surface area contributed by atoms with E-state index in [9.17, 15) is 35.1 Å². The van der Waals surface area contributed by atoms with E-state index in [1.54, 1.807) is 35.0 Å². The molecule has 0 aromatic heterocycles. The van der Waals surface area contributed by atoms with Crippen LogP contribution in [0.2, 0.25) is 0 Å². The number of methoxy groups -OCH3 is 3. The Kier molecular flexibility index (Phi) is 14.7. The largest absolute Gasteiger partial charge is 0.462 e. The van der Waals surface area contributed by atoms with Gasteiger partial charge in [0.25, 0.3) is 0 Å². The molecule has 3 aliphatic heterocycles. The van der Waals surface area contributed by atoms with Crippen molar-refractivity contribution in [2.75, 3.05) is 21.3 Å². The molecule has 0 amide bonds. The number of fused-ring (bicyclic) bond motifs is 5. The second kappa shape index (κ2) is 18.7. The topological polar surface area (TPSA) is 237 Å². The fourth-order valence-electron chi connectivity index (χ4n) is 13.7. The van der Waals surface area contributed by atoms with Gasteiger partial charge in [0, 0.05) is 48.0 Å². The summed E-state index contributed by atoms with van der Waals surface area (Å²) in [5.41, 5.74) is -7.24. The number of aliphatic hydroxyl groups excluding tert-OH is 2. The molecule has 23 atom stereocenters. The highest BCUT2D eigenvalue weighted by Gasteiger charge is 2.82. The molecule has 0 unspecified atom stereocenters. The van der Waals surface area contributed by atoms with Crippen LogP contribution < -0.4 is 0 Å². The summed E-state index contributed by atoms with van der Waals surface area (Å²) in [5.74, 6) is -1.50. The highest BCUT2D eigenvalue weighted by Crippen LogP contribution is 2.72. The molecule has 7 fully saturated rings. The van der Waals surface area contributed by atoms with Gasteiger partial charge in [-0.05, 0) is 96.3 Å². The summed E-state index contributed by atoms with van der Waals surface area (Å²) in [7, 11) is 4.62. The van der Waals surface area contributed by atoms with Crippen LogP contribution in [0.3, 0.4) is 0 Å². The highest BCUT2D eigenvalue weighted by atomic mass is 16.8. The molecule has 4 saturated carbocycles. The van der Waals surface area contributed by atoms with Crippen molar-refractivity contribution in [1.29, 1.82) is 0 Å². The predicted molar refractivity (Wildman–Crippen MR) is 223 cm³/mol. The van der Waals surface area contributed by atoms with Crippen molar-refractivity contribution >= 4 is 11.9 Å². The van der Waals surface area contributed by atoms with Gasteiger partial charge in [-0.25, -0.2) is 0 Å². The van der Waals surface area contributed by atoms with E-state index < -0.39 is 138 Å². The second-order valence-electron chi connectivity index (χ2n) is 20.5. The molecule has 3 heterocycles. The Morgan fingerprint density at radius 1 is 0.672 bits per heavy atom. The Morgan fingerprint density at radius 3 is 1.86 bits per heavy atom. The lowest BCUT2D eigenvalue weighted by atomic mass is 9.40. The van der Waals surface area contributed by atoms with Crippen LogP contribution in [0, 0.1) is 22.7 Å². The first-order valence-corrected chi connectivity index (χ1v) is 23.4. The first-order chi connectivity index (χ1) is 30.0. The maximum Gasteiger partial charge on any atom is 0.302 e. The number of carbonyl (C=O) groups is 2. The normalized spacial score (nSPS) is 52.2. The molecule has 18 heteroatoms. The van der Waals surface area contributed by atoms with Crippen LogP contribution in [0.25, 0.3) is 0 Å². The number of hydrogen-bond donors (Lipinski definition) is 5. The third-order valence-corrected chi connectivity index (χ3v) is 17.3. The fourth-order valence-corrected chi connectivity index (χ4v) is 13.7. The first kappa shape index (κ1) is 50.3. The van der Waals surface area contributed by atoms with Gasteiger partial charge in [0.1, 0.15) is 53.9 Å². The van der Waals surface area contributed by atoms with Crippen molar-refractivity contribution in [1.82, 2.24) is 0 Å². The summed E-state index contributed by atoms with van der Waals surface area (Å²) in [4.78, 5) is 24.7. The summed E-state index contributed by atoms with van der Waals surface area (Å²) >= 11 is 0. The van der Waals surface area contributed by atoms with E-state index in [0.29, 0.717) is 38.5 Å². The quantitative estimate of drug-likeness (QED) is 0.140. The smallest absolute Gasteiger partial charge is 0.302 e. The molecule has 0 spiro atoms. The summed E-state index contributed by atoms with van der Waals surface area (Å²) in [6.45, 7) is 13.4. The zero-order chi connectivity index (χ0) is 46.9. The number of ether oxygens (including phenoxy) is 11. The lowest BCUT2D eigenvalue weighted by molar-refractivity contribution is -0.353. The SMILES string of the molecule is CO[C@H]1[C@@H](O)[C@H](O[C@@H]2[C@@H](C)O[C@@H](O[C@H]3[C@@H](OC)C[C@H](O[C@H]4CC[C@@]5(C)[C@H](CC[C@]6(O)[C@H]5C[C@@H](OC(C)=O)[C@@]5(C)[C@]6(O)CC[C@@]5(O)[C@@H](C)OC(C)=O)C4)O[C@@H]3C)C[C@H]2OC)O[C@H](C)[C@H]1O. The summed E-state index contributed by atoms with van der Waals surface area (Å²) in [6, 6.07) is 0. The van der Waals surface area contributed by atoms with Crippen LogP contribution in [0.15, 0.2) is 0 Å². The third kappa shape index (κ3) is 8.28. The van der Waals surface area contributed by atoms with Gasteiger partial charge in [0.15, 0.2) is 18.9 Å². The zero-order valence-corrected chi connectivity index (χ0v) is 39.5. The van der Waals surface area contributed by atoms with Gasteiger partial charge in [-0.1, -0.05) is 13.8 Å². The number of carbonyl (C=O) groups excluding carboxylic acids is 2. The van der Waals surface area contributed by atoms with Gasteiger partial charge in [-0.2, -0.15) is 0 Å². The van der Waals surface area contributed by atoms with E-state index in [-0.39, 0.29) is 37.7 Å². The van der Waals surface area contributed by atoms with Crippen LogP contribution in [0.4, 0.5) is 0 Å². The van der Waals surface area contributed by atoms with E-state index in [2.05, 4.69) is 6.92 Å². The molecule has 64 heavy (non-hydrogen) atoms. The Balaban J connectivity index is 0.983. The molecule has 368 valence electrons.